The van der Waals surface area contributed by atoms with Gasteiger partial charge in [0, 0.05) is 6.92 Å². The van der Waals surface area contributed by atoms with Gasteiger partial charge in [-0.15, -0.1) is 0 Å². The number of ether oxygens (including phenoxy) is 1. The Morgan fingerprint density at radius 3 is 2.73 bits per heavy atom. The van der Waals surface area contributed by atoms with Gasteiger partial charge in [-0.25, -0.2) is 0 Å². The monoisotopic (exact) mass is 200 g/mol. The molecule has 1 aliphatic heterocycles. The van der Waals surface area contributed by atoms with Crippen molar-refractivity contribution >= 4 is 0 Å². The van der Waals surface area contributed by atoms with Crippen molar-refractivity contribution in [3.8, 4) is 17.9 Å². The van der Waals surface area contributed by atoms with E-state index in [1.165, 1.54) is 12.5 Å². The molecule has 0 saturated heterocycles. The van der Waals surface area contributed by atoms with Crippen LogP contribution in [0.1, 0.15) is 24.5 Å². The zero-order valence-electron chi connectivity index (χ0n) is 8.66. The summed E-state index contributed by atoms with van der Waals surface area (Å²) in [5.41, 5.74) is 1.83. The van der Waals surface area contributed by atoms with Crippen LogP contribution in [-0.2, 0) is 6.42 Å². The average Bonchev–Trinajstić information content (AvgIpc) is 2.29. The van der Waals surface area contributed by atoms with Crippen molar-refractivity contribution in [1.29, 1.82) is 10.5 Å². The number of fused-ring (bicyclic) bond motifs is 1. The molecule has 0 aromatic heterocycles. The van der Waals surface area contributed by atoms with Crippen LogP contribution >= 0.6 is 0 Å². The summed E-state index contributed by atoms with van der Waals surface area (Å²) in [6, 6.07) is 9.61. The van der Waals surface area contributed by atoms with E-state index in [4.69, 9.17) is 15.3 Å². The molecule has 0 saturated carbocycles. The van der Waals surface area contributed by atoms with Gasteiger partial charge in [0.1, 0.15) is 11.8 Å². The van der Waals surface area contributed by atoms with Crippen molar-refractivity contribution < 1.29 is 4.74 Å². The SMILES string of the molecule is CC#N.N#Cc1cccc2c1OCCC2. The van der Waals surface area contributed by atoms with Crippen molar-refractivity contribution in [1.82, 2.24) is 0 Å². The molecule has 0 N–H and O–H groups in total. The minimum absolute atomic E-state index is 0.659. The number of aryl methyl sites for hydroxylation is 1. The van der Waals surface area contributed by atoms with Gasteiger partial charge in [0.05, 0.1) is 18.2 Å². The molecular formula is C12H12N2O. The van der Waals surface area contributed by atoms with Crippen molar-refractivity contribution in [2.45, 2.75) is 19.8 Å². The second-order valence-electron chi connectivity index (χ2n) is 3.08. The van der Waals surface area contributed by atoms with Gasteiger partial charge < -0.3 is 4.74 Å². The molecule has 1 aromatic rings. The third-order valence-electron chi connectivity index (χ3n) is 2.05. The maximum atomic E-state index is 8.76. The first-order valence-corrected chi connectivity index (χ1v) is 4.79. The molecule has 0 radical (unpaired) electrons. The average molecular weight is 200 g/mol. The Labute approximate surface area is 89.5 Å². The lowest BCUT2D eigenvalue weighted by atomic mass is 10.0. The number of nitrogens with zero attached hydrogens (tertiary/aromatic N) is 2. The fraction of sp³-hybridized carbons (Fsp3) is 0.333. The van der Waals surface area contributed by atoms with Crippen molar-refractivity contribution in [3.05, 3.63) is 29.3 Å². The van der Waals surface area contributed by atoms with Gasteiger partial charge in [0.25, 0.3) is 0 Å². The molecule has 0 atom stereocenters. The van der Waals surface area contributed by atoms with E-state index in [1.807, 2.05) is 12.1 Å². The van der Waals surface area contributed by atoms with Gasteiger partial charge in [-0.2, -0.15) is 10.5 Å². The summed E-state index contributed by atoms with van der Waals surface area (Å²) in [4.78, 5) is 0. The van der Waals surface area contributed by atoms with E-state index in [9.17, 15) is 0 Å². The van der Waals surface area contributed by atoms with E-state index in [0.29, 0.717) is 5.56 Å². The van der Waals surface area contributed by atoms with Crippen LogP contribution in [0.2, 0.25) is 0 Å². The minimum Gasteiger partial charge on any atom is -0.492 e. The molecule has 2 rings (SSSR count). The van der Waals surface area contributed by atoms with E-state index in [0.717, 1.165) is 25.2 Å². The summed E-state index contributed by atoms with van der Waals surface area (Å²) < 4.78 is 5.42. The van der Waals surface area contributed by atoms with Crippen molar-refractivity contribution in [2.24, 2.45) is 0 Å². The molecule has 1 aromatic carbocycles. The van der Waals surface area contributed by atoms with E-state index in [2.05, 4.69) is 6.07 Å². The van der Waals surface area contributed by atoms with Crippen LogP contribution in [0, 0.1) is 22.7 Å². The van der Waals surface area contributed by atoms with Crippen LogP contribution in [0.25, 0.3) is 0 Å². The Hall–Kier alpha value is -2.00. The molecule has 0 bridgehead atoms. The van der Waals surface area contributed by atoms with E-state index in [-0.39, 0.29) is 0 Å². The molecule has 0 aliphatic carbocycles. The predicted molar refractivity (Wildman–Crippen MR) is 56.3 cm³/mol. The summed E-state index contributed by atoms with van der Waals surface area (Å²) in [5, 5.41) is 16.1. The van der Waals surface area contributed by atoms with E-state index in [1.54, 1.807) is 12.1 Å². The molecule has 76 valence electrons. The molecule has 0 unspecified atom stereocenters. The van der Waals surface area contributed by atoms with Crippen molar-refractivity contribution in [2.75, 3.05) is 6.61 Å². The number of rotatable bonds is 0. The number of para-hydroxylation sites is 1. The smallest absolute Gasteiger partial charge is 0.140 e. The highest BCUT2D eigenvalue weighted by molar-refractivity contribution is 5.49. The van der Waals surface area contributed by atoms with Gasteiger partial charge in [0.2, 0.25) is 0 Å². The fourth-order valence-electron chi connectivity index (χ4n) is 1.48. The predicted octanol–water partition coefficient (Wildman–Crippen LogP) is 2.41. The topological polar surface area (TPSA) is 56.8 Å². The Morgan fingerprint density at radius 2 is 2.07 bits per heavy atom. The number of benzene rings is 1. The maximum absolute atomic E-state index is 8.76. The Morgan fingerprint density at radius 1 is 1.33 bits per heavy atom. The normalized spacial score (nSPS) is 11.9. The van der Waals surface area contributed by atoms with Crippen LogP contribution in [0.3, 0.4) is 0 Å². The fourth-order valence-corrected chi connectivity index (χ4v) is 1.48. The van der Waals surface area contributed by atoms with Crippen LogP contribution in [-0.4, -0.2) is 6.61 Å². The van der Waals surface area contributed by atoms with Gasteiger partial charge >= 0.3 is 0 Å². The van der Waals surface area contributed by atoms with Crippen LogP contribution in [0.15, 0.2) is 18.2 Å². The number of nitriles is 2. The van der Waals surface area contributed by atoms with Crippen LogP contribution in [0.5, 0.6) is 5.75 Å². The second-order valence-corrected chi connectivity index (χ2v) is 3.08. The van der Waals surface area contributed by atoms with E-state index < -0.39 is 0 Å². The molecule has 0 spiro atoms. The second kappa shape index (κ2) is 5.67. The molecule has 0 fully saturated rings. The number of hydrogen-bond donors (Lipinski definition) is 0. The summed E-state index contributed by atoms with van der Waals surface area (Å²) in [7, 11) is 0. The lowest BCUT2D eigenvalue weighted by molar-refractivity contribution is 0.287. The highest BCUT2D eigenvalue weighted by Crippen LogP contribution is 2.27. The summed E-state index contributed by atoms with van der Waals surface area (Å²) >= 11 is 0. The van der Waals surface area contributed by atoms with Gasteiger partial charge in [0.15, 0.2) is 0 Å². The summed E-state index contributed by atoms with van der Waals surface area (Å²) in [6.45, 7) is 2.17. The standard InChI is InChI=1S/C10H9NO.C2H3N/c11-7-9-4-1-3-8-5-2-6-12-10(8)9;1-2-3/h1,3-4H,2,5-6H2;1H3. The molecule has 1 heterocycles. The quantitative estimate of drug-likeness (QED) is 0.646. The first-order chi connectivity index (χ1) is 7.33. The third-order valence-corrected chi connectivity index (χ3v) is 2.05. The first kappa shape index (κ1) is 11.1. The van der Waals surface area contributed by atoms with Crippen LogP contribution < -0.4 is 4.74 Å². The van der Waals surface area contributed by atoms with E-state index >= 15 is 0 Å². The molecule has 15 heavy (non-hydrogen) atoms. The zero-order chi connectivity index (χ0) is 11.1. The lowest BCUT2D eigenvalue weighted by Gasteiger charge is -2.17. The van der Waals surface area contributed by atoms with Crippen LogP contribution in [0.4, 0.5) is 0 Å². The number of hydrogen-bond acceptors (Lipinski definition) is 3. The zero-order valence-corrected chi connectivity index (χ0v) is 8.66. The maximum Gasteiger partial charge on any atom is 0.140 e. The molecule has 1 aliphatic rings. The highest BCUT2D eigenvalue weighted by Gasteiger charge is 2.13. The Bertz CT molecular complexity index is 413. The van der Waals surface area contributed by atoms with Gasteiger partial charge in [-0.3, -0.25) is 0 Å². The molecule has 3 nitrogen and oxygen atoms in total. The lowest BCUT2D eigenvalue weighted by Crippen LogP contribution is -2.09. The Balaban J connectivity index is 0.000000337. The summed E-state index contributed by atoms with van der Waals surface area (Å²) in [6.07, 6.45) is 2.09. The van der Waals surface area contributed by atoms with Gasteiger partial charge in [-0.05, 0) is 24.5 Å². The minimum atomic E-state index is 0.659. The molecular weight excluding hydrogens is 188 g/mol. The molecule has 0 amide bonds. The first-order valence-electron chi connectivity index (χ1n) is 4.79. The largest absolute Gasteiger partial charge is 0.492 e. The highest BCUT2D eigenvalue weighted by atomic mass is 16.5. The molecule has 3 heteroatoms. The van der Waals surface area contributed by atoms with Crippen molar-refractivity contribution in [3.63, 3.8) is 0 Å². The summed E-state index contributed by atoms with van der Waals surface area (Å²) in [5.74, 6) is 0.797. The Kier molecular flexibility index (Phi) is 4.19. The third kappa shape index (κ3) is 2.72. The van der Waals surface area contributed by atoms with Gasteiger partial charge in [-0.1, -0.05) is 12.1 Å².